The van der Waals surface area contributed by atoms with Crippen molar-refractivity contribution in [2.75, 3.05) is 16.8 Å². The Balaban J connectivity index is 2.36. The van der Waals surface area contributed by atoms with Crippen molar-refractivity contribution in [3.63, 3.8) is 0 Å². The second-order valence-corrected chi connectivity index (χ2v) is 5.70. The lowest BCUT2D eigenvalue weighted by Gasteiger charge is -2.10. The summed E-state index contributed by atoms with van der Waals surface area (Å²) in [4.78, 5) is 11.6. The van der Waals surface area contributed by atoms with Gasteiger partial charge in [0.1, 0.15) is 4.90 Å². The van der Waals surface area contributed by atoms with Gasteiger partial charge in [-0.15, -0.1) is 0 Å². The number of rotatable bonds is 3. The molecule has 0 fully saturated rings. The highest BCUT2D eigenvalue weighted by Gasteiger charge is 2.18. The summed E-state index contributed by atoms with van der Waals surface area (Å²) in [5.41, 5.74) is 11.9. The molecule has 0 aromatic heterocycles. The fraction of sp³-hybridized carbons (Fsp3) is 0. The first kappa shape index (κ1) is 14.8. The topological polar surface area (TPSA) is 136 Å². The summed E-state index contributed by atoms with van der Waals surface area (Å²) in [5, 5.41) is 2.41. The van der Waals surface area contributed by atoms with Crippen LogP contribution in [0.5, 0.6) is 0 Å². The largest absolute Gasteiger partial charge is 0.399 e. The Labute approximate surface area is 121 Å². The molecule has 8 heteroatoms. The molecule has 7 nitrogen and oxygen atoms in total. The minimum absolute atomic E-state index is 0.0616. The summed E-state index contributed by atoms with van der Waals surface area (Å²) in [6, 6.07) is 9.85. The number of amides is 1. The number of nitrogens with one attached hydrogen (secondary N) is 1. The summed E-state index contributed by atoms with van der Waals surface area (Å²) < 4.78 is 31.8. The van der Waals surface area contributed by atoms with Crippen molar-refractivity contribution >= 4 is 33.1 Å². The van der Waals surface area contributed by atoms with E-state index in [9.17, 15) is 13.2 Å². The van der Waals surface area contributed by atoms with E-state index in [0.717, 1.165) is 6.07 Å². The first-order valence-electron chi connectivity index (χ1n) is 5.81. The van der Waals surface area contributed by atoms with Gasteiger partial charge in [0, 0.05) is 16.9 Å². The number of hydrogen-bond donors (Lipinski definition) is 4. The first-order valence-corrected chi connectivity index (χ1v) is 7.25. The van der Waals surface area contributed by atoms with Gasteiger partial charge in [-0.05, 0) is 42.5 Å². The molecule has 21 heavy (non-hydrogen) atoms. The average Bonchev–Trinajstić information content (AvgIpc) is 2.40. The van der Waals surface area contributed by atoms with Crippen LogP contribution < -0.4 is 16.8 Å². The highest BCUT2D eigenvalue weighted by molar-refractivity contribution is 7.86. The van der Waals surface area contributed by atoms with E-state index in [0.29, 0.717) is 11.3 Å². The lowest BCUT2D eigenvalue weighted by atomic mass is 10.2. The monoisotopic (exact) mass is 307 g/mol. The quantitative estimate of drug-likeness (QED) is 0.499. The predicted octanol–water partition coefficient (Wildman–Crippen LogP) is 1.35. The molecule has 2 aromatic rings. The van der Waals surface area contributed by atoms with Gasteiger partial charge in [0.2, 0.25) is 0 Å². The molecular weight excluding hydrogens is 294 g/mol. The van der Waals surface area contributed by atoms with Crippen molar-refractivity contribution in [2.24, 2.45) is 0 Å². The molecule has 0 saturated carbocycles. The highest BCUT2D eigenvalue weighted by atomic mass is 32.2. The van der Waals surface area contributed by atoms with E-state index in [1.807, 2.05) is 0 Å². The zero-order chi connectivity index (χ0) is 15.6. The summed E-state index contributed by atoms with van der Waals surface area (Å²) in [6.07, 6.45) is 0. The SMILES string of the molecule is Nc1ccc(C(=O)Nc2ccc(N)cc2S(=O)(=O)O)cc1. The summed E-state index contributed by atoms with van der Waals surface area (Å²) >= 11 is 0. The molecule has 110 valence electrons. The molecule has 0 aliphatic heterocycles. The molecule has 0 aliphatic rings. The van der Waals surface area contributed by atoms with Crippen molar-refractivity contribution in [1.29, 1.82) is 0 Å². The second kappa shape index (κ2) is 5.43. The Hall–Kier alpha value is -2.58. The molecule has 0 atom stereocenters. The van der Waals surface area contributed by atoms with Crippen LogP contribution in [0.15, 0.2) is 47.4 Å². The minimum atomic E-state index is -4.51. The van der Waals surface area contributed by atoms with Crippen LogP contribution in [-0.4, -0.2) is 18.9 Å². The van der Waals surface area contributed by atoms with Crippen LogP contribution in [0, 0.1) is 0 Å². The molecule has 0 heterocycles. The van der Waals surface area contributed by atoms with Crippen LogP contribution >= 0.6 is 0 Å². The normalized spacial score (nSPS) is 11.1. The van der Waals surface area contributed by atoms with E-state index in [-0.39, 0.29) is 11.4 Å². The lowest BCUT2D eigenvalue weighted by molar-refractivity contribution is 0.102. The van der Waals surface area contributed by atoms with Crippen molar-refractivity contribution in [3.8, 4) is 0 Å². The van der Waals surface area contributed by atoms with Gasteiger partial charge in [-0.2, -0.15) is 8.42 Å². The zero-order valence-corrected chi connectivity index (χ0v) is 11.6. The molecule has 0 radical (unpaired) electrons. The van der Waals surface area contributed by atoms with Gasteiger partial charge in [0.15, 0.2) is 0 Å². The Morgan fingerprint density at radius 1 is 1.00 bits per heavy atom. The third-order valence-corrected chi connectivity index (χ3v) is 3.60. The van der Waals surface area contributed by atoms with Gasteiger partial charge in [0.05, 0.1) is 5.69 Å². The third-order valence-electron chi connectivity index (χ3n) is 2.70. The van der Waals surface area contributed by atoms with Crippen molar-refractivity contribution in [2.45, 2.75) is 4.90 Å². The van der Waals surface area contributed by atoms with E-state index in [1.54, 1.807) is 12.1 Å². The number of benzene rings is 2. The molecule has 0 bridgehead atoms. The molecule has 0 saturated heterocycles. The van der Waals surface area contributed by atoms with Crippen LogP contribution in [0.3, 0.4) is 0 Å². The van der Waals surface area contributed by atoms with Gasteiger partial charge in [-0.1, -0.05) is 0 Å². The Morgan fingerprint density at radius 3 is 2.14 bits per heavy atom. The minimum Gasteiger partial charge on any atom is -0.399 e. The van der Waals surface area contributed by atoms with Gasteiger partial charge in [-0.3, -0.25) is 9.35 Å². The molecule has 1 amide bonds. The fourth-order valence-corrected chi connectivity index (χ4v) is 2.37. The summed E-state index contributed by atoms with van der Waals surface area (Å²) in [6.45, 7) is 0. The van der Waals surface area contributed by atoms with Crippen molar-refractivity contribution in [3.05, 3.63) is 48.0 Å². The molecule has 0 aliphatic carbocycles. The van der Waals surface area contributed by atoms with Crippen molar-refractivity contribution < 1.29 is 17.8 Å². The molecule has 6 N–H and O–H groups in total. The number of anilines is 3. The molecule has 0 spiro atoms. The fourth-order valence-electron chi connectivity index (χ4n) is 1.68. The third kappa shape index (κ3) is 3.50. The Bertz CT molecular complexity index is 786. The van der Waals surface area contributed by atoms with Crippen LogP contribution in [-0.2, 0) is 10.1 Å². The maximum Gasteiger partial charge on any atom is 0.296 e. The standard InChI is InChI=1S/C13H13N3O4S/c14-9-3-1-8(2-4-9)13(17)16-11-6-5-10(15)7-12(11)21(18,19)20/h1-7H,14-15H2,(H,16,17)(H,18,19,20). The van der Waals surface area contributed by atoms with Crippen molar-refractivity contribution in [1.82, 2.24) is 0 Å². The van der Waals surface area contributed by atoms with E-state index in [2.05, 4.69) is 5.32 Å². The molecular formula is C13H13N3O4S. The summed E-state index contributed by atoms with van der Waals surface area (Å²) in [7, 11) is -4.51. The number of nitrogen functional groups attached to an aromatic ring is 2. The van der Waals surface area contributed by atoms with Gasteiger partial charge in [-0.25, -0.2) is 0 Å². The van der Waals surface area contributed by atoms with E-state index in [4.69, 9.17) is 16.0 Å². The number of nitrogens with two attached hydrogens (primary N) is 2. The van der Waals surface area contributed by atoms with Gasteiger partial charge >= 0.3 is 0 Å². The van der Waals surface area contributed by atoms with Crippen LogP contribution in [0.25, 0.3) is 0 Å². The molecule has 2 aromatic carbocycles. The maximum absolute atomic E-state index is 12.0. The van der Waals surface area contributed by atoms with E-state index >= 15 is 0 Å². The summed E-state index contributed by atoms with van der Waals surface area (Å²) in [5.74, 6) is -0.537. The zero-order valence-electron chi connectivity index (χ0n) is 10.8. The first-order chi connectivity index (χ1) is 9.77. The lowest BCUT2D eigenvalue weighted by Crippen LogP contribution is -2.15. The number of carbonyl (C=O) groups excluding carboxylic acids is 1. The van der Waals surface area contributed by atoms with Crippen LogP contribution in [0.2, 0.25) is 0 Å². The smallest absolute Gasteiger partial charge is 0.296 e. The second-order valence-electron chi connectivity index (χ2n) is 4.31. The molecule has 2 rings (SSSR count). The van der Waals surface area contributed by atoms with Crippen LogP contribution in [0.1, 0.15) is 10.4 Å². The van der Waals surface area contributed by atoms with E-state index in [1.165, 1.54) is 24.3 Å². The van der Waals surface area contributed by atoms with Gasteiger partial charge < -0.3 is 16.8 Å². The Morgan fingerprint density at radius 2 is 1.57 bits per heavy atom. The number of carbonyl (C=O) groups is 1. The van der Waals surface area contributed by atoms with Crippen LogP contribution in [0.4, 0.5) is 17.1 Å². The predicted molar refractivity (Wildman–Crippen MR) is 79.5 cm³/mol. The number of hydrogen-bond acceptors (Lipinski definition) is 5. The Kier molecular flexibility index (Phi) is 3.83. The molecule has 0 unspecified atom stereocenters. The highest BCUT2D eigenvalue weighted by Crippen LogP contribution is 2.24. The average molecular weight is 307 g/mol. The van der Waals surface area contributed by atoms with E-state index < -0.39 is 20.9 Å². The van der Waals surface area contributed by atoms with Gasteiger partial charge in [0.25, 0.3) is 16.0 Å². The maximum atomic E-state index is 12.0.